The monoisotopic (exact) mass is 231 g/mol. The van der Waals surface area contributed by atoms with Crippen molar-refractivity contribution in [3.63, 3.8) is 0 Å². The molecule has 1 saturated heterocycles. The number of rotatable bonds is 1. The summed E-state index contributed by atoms with van der Waals surface area (Å²) in [7, 11) is 0. The summed E-state index contributed by atoms with van der Waals surface area (Å²) in [5, 5.41) is 1.08. The summed E-state index contributed by atoms with van der Waals surface area (Å²) in [6, 6.07) is 2.25. The van der Waals surface area contributed by atoms with Crippen molar-refractivity contribution in [2.75, 3.05) is 18.0 Å². The largest absolute Gasteiger partial charge is 0.354 e. The lowest BCUT2D eigenvalue weighted by Crippen LogP contribution is -2.47. The van der Waals surface area contributed by atoms with Crippen LogP contribution in [0.5, 0.6) is 0 Å². The molecule has 0 spiro atoms. The van der Waals surface area contributed by atoms with E-state index in [9.17, 15) is 0 Å². The first-order valence-corrected chi connectivity index (χ1v) is 6.04. The SMILES string of the molecule is C[C@H]1CCN(c2ncnc3[nH]ccc23)C[C@@H]1N. The van der Waals surface area contributed by atoms with Gasteiger partial charge in [-0.2, -0.15) is 0 Å². The molecule has 0 amide bonds. The minimum absolute atomic E-state index is 0.229. The van der Waals surface area contributed by atoms with E-state index >= 15 is 0 Å². The van der Waals surface area contributed by atoms with Crippen LogP contribution < -0.4 is 10.6 Å². The van der Waals surface area contributed by atoms with Crippen molar-refractivity contribution >= 4 is 16.9 Å². The average molecular weight is 231 g/mol. The molecule has 1 aliphatic heterocycles. The fraction of sp³-hybridized carbons (Fsp3) is 0.500. The van der Waals surface area contributed by atoms with E-state index in [0.29, 0.717) is 5.92 Å². The van der Waals surface area contributed by atoms with Crippen LogP contribution in [0.2, 0.25) is 0 Å². The lowest BCUT2D eigenvalue weighted by molar-refractivity contribution is 0.378. The number of nitrogens with zero attached hydrogens (tertiary/aromatic N) is 3. The van der Waals surface area contributed by atoms with Gasteiger partial charge in [0.05, 0.1) is 5.39 Å². The summed E-state index contributed by atoms with van der Waals surface area (Å²) in [6.45, 7) is 4.11. The third kappa shape index (κ3) is 1.76. The highest BCUT2D eigenvalue weighted by Crippen LogP contribution is 2.26. The van der Waals surface area contributed by atoms with Crippen molar-refractivity contribution in [2.24, 2.45) is 11.7 Å². The number of nitrogens with two attached hydrogens (primary N) is 1. The molecule has 17 heavy (non-hydrogen) atoms. The van der Waals surface area contributed by atoms with Gasteiger partial charge >= 0.3 is 0 Å². The first kappa shape index (κ1) is 10.5. The predicted octanol–water partition coefficient (Wildman–Crippen LogP) is 1.13. The minimum atomic E-state index is 0.229. The first-order valence-electron chi connectivity index (χ1n) is 6.04. The summed E-state index contributed by atoms with van der Waals surface area (Å²) in [5.41, 5.74) is 7.02. The molecule has 0 aliphatic carbocycles. The van der Waals surface area contributed by atoms with Crippen LogP contribution in [-0.4, -0.2) is 34.1 Å². The molecule has 2 aromatic heterocycles. The van der Waals surface area contributed by atoms with Gasteiger partial charge in [0.2, 0.25) is 0 Å². The van der Waals surface area contributed by atoms with Crippen molar-refractivity contribution in [1.29, 1.82) is 0 Å². The van der Waals surface area contributed by atoms with Gasteiger partial charge in [0.15, 0.2) is 0 Å². The Balaban J connectivity index is 1.96. The third-order valence-corrected chi connectivity index (χ3v) is 3.65. The molecule has 0 radical (unpaired) electrons. The Kier molecular flexibility index (Phi) is 2.48. The van der Waals surface area contributed by atoms with Crippen molar-refractivity contribution in [3.05, 3.63) is 18.6 Å². The normalized spacial score (nSPS) is 25.4. The summed E-state index contributed by atoms with van der Waals surface area (Å²) < 4.78 is 0. The van der Waals surface area contributed by atoms with Gasteiger partial charge in [-0.25, -0.2) is 9.97 Å². The highest BCUT2D eigenvalue weighted by Gasteiger charge is 2.25. The molecule has 1 fully saturated rings. The number of nitrogens with one attached hydrogen (secondary N) is 1. The highest BCUT2D eigenvalue weighted by molar-refractivity contribution is 5.87. The summed E-state index contributed by atoms with van der Waals surface area (Å²) in [4.78, 5) is 14.0. The molecule has 1 aliphatic rings. The van der Waals surface area contributed by atoms with E-state index in [2.05, 4.69) is 26.8 Å². The van der Waals surface area contributed by atoms with E-state index in [1.54, 1.807) is 6.33 Å². The Labute approximate surface area is 100 Å². The second-order valence-corrected chi connectivity index (χ2v) is 4.81. The topological polar surface area (TPSA) is 70.8 Å². The molecule has 0 saturated carbocycles. The maximum Gasteiger partial charge on any atom is 0.142 e. The molecule has 5 heteroatoms. The van der Waals surface area contributed by atoms with E-state index in [1.807, 2.05) is 12.3 Å². The van der Waals surface area contributed by atoms with Gasteiger partial charge in [-0.05, 0) is 18.4 Å². The molecule has 90 valence electrons. The smallest absolute Gasteiger partial charge is 0.142 e. The number of H-pyrrole nitrogens is 1. The second kappa shape index (κ2) is 4.00. The first-order chi connectivity index (χ1) is 8.25. The molecule has 5 nitrogen and oxygen atoms in total. The lowest BCUT2D eigenvalue weighted by atomic mass is 9.94. The van der Waals surface area contributed by atoms with Crippen molar-refractivity contribution in [2.45, 2.75) is 19.4 Å². The molecule has 0 unspecified atom stereocenters. The molecule has 2 atom stereocenters. The Bertz CT molecular complexity index is 520. The van der Waals surface area contributed by atoms with Gasteiger partial charge in [0.25, 0.3) is 0 Å². The number of fused-ring (bicyclic) bond motifs is 1. The fourth-order valence-electron chi connectivity index (χ4n) is 2.40. The molecule has 3 heterocycles. The van der Waals surface area contributed by atoms with Crippen LogP contribution in [0.25, 0.3) is 11.0 Å². The van der Waals surface area contributed by atoms with Gasteiger partial charge in [0.1, 0.15) is 17.8 Å². The number of hydrogen-bond donors (Lipinski definition) is 2. The van der Waals surface area contributed by atoms with Gasteiger partial charge in [-0.1, -0.05) is 6.92 Å². The molecule has 2 aromatic rings. The van der Waals surface area contributed by atoms with Crippen LogP contribution in [0.15, 0.2) is 18.6 Å². The third-order valence-electron chi connectivity index (χ3n) is 3.65. The Hall–Kier alpha value is -1.62. The molecule has 3 rings (SSSR count). The minimum Gasteiger partial charge on any atom is -0.354 e. The van der Waals surface area contributed by atoms with Crippen molar-refractivity contribution in [3.8, 4) is 0 Å². The zero-order valence-corrected chi connectivity index (χ0v) is 9.93. The van der Waals surface area contributed by atoms with Gasteiger partial charge in [-0.15, -0.1) is 0 Å². The average Bonchev–Trinajstić information content (AvgIpc) is 2.80. The highest BCUT2D eigenvalue weighted by atomic mass is 15.2. The van der Waals surface area contributed by atoms with E-state index in [4.69, 9.17) is 5.73 Å². The van der Waals surface area contributed by atoms with E-state index < -0.39 is 0 Å². The summed E-state index contributed by atoms with van der Waals surface area (Å²) in [5.74, 6) is 1.59. The predicted molar refractivity (Wildman–Crippen MR) is 67.9 cm³/mol. The number of aromatic amines is 1. The fourth-order valence-corrected chi connectivity index (χ4v) is 2.40. The zero-order chi connectivity index (χ0) is 11.8. The van der Waals surface area contributed by atoms with Gasteiger partial charge < -0.3 is 15.6 Å². The maximum absolute atomic E-state index is 6.13. The Morgan fingerprint density at radius 1 is 1.47 bits per heavy atom. The number of anilines is 1. The molecule has 3 N–H and O–H groups in total. The number of piperidine rings is 1. The van der Waals surface area contributed by atoms with Crippen LogP contribution in [0.3, 0.4) is 0 Å². The lowest BCUT2D eigenvalue weighted by Gasteiger charge is -2.35. The van der Waals surface area contributed by atoms with E-state index in [0.717, 1.165) is 36.4 Å². The van der Waals surface area contributed by atoms with E-state index in [-0.39, 0.29) is 6.04 Å². The van der Waals surface area contributed by atoms with Crippen molar-refractivity contribution in [1.82, 2.24) is 15.0 Å². The van der Waals surface area contributed by atoms with E-state index in [1.165, 1.54) is 0 Å². The van der Waals surface area contributed by atoms with Crippen LogP contribution in [-0.2, 0) is 0 Å². The van der Waals surface area contributed by atoms with Gasteiger partial charge in [-0.3, -0.25) is 0 Å². The number of hydrogen-bond acceptors (Lipinski definition) is 4. The van der Waals surface area contributed by atoms with Crippen LogP contribution in [0.1, 0.15) is 13.3 Å². The van der Waals surface area contributed by atoms with Crippen molar-refractivity contribution < 1.29 is 0 Å². The zero-order valence-electron chi connectivity index (χ0n) is 9.93. The quantitative estimate of drug-likeness (QED) is 0.772. The van der Waals surface area contributed by atoms with Gasteiger partial charge in [0, 0.05) is 25.3 Å². The Morgan fingerprint density at radius 2 is 2.35 bits per heavy atom. The van der Waals surface area contributed by atoms with Crippen LogP contribution in [0, 0.1) is 5.92 Å². The number of aromatic nitrogens is 3. The summed E-state index contributed by atoms with van der Waals surface area (Å²) >= 11 is 0. The summed E-state index contributed by atoms with van der Waals surface area (Å²) in [6.07, 6.45) is 4.63. The second-order valence-electron chi connectivity index (χ2n) is 4.81. The standard InChI is InChI=1S/C12H17N5/c1-8-3-5-17(6-10(8)13)12-9-2-4-14-11(9)15-7-16-12/h2,4,7-8,10H,3,5-6,13H2,1H3,(H,14,15,16)/t8-,10-/m0/s1. The molecule has 0 bridgehead atoms. The molecule has 0 aromatic carbocycles. The molecular weight excluding hydrogens is 214 g/mol. The Morgan fingerprint density at radius 3 is 3.18 bits per heavy atom. The van der Waals surface area contributed by atoms with Crippen LogP contribution in [0.4, 0.5) is 5.82 Å². The molecular formula is C12H17N5. The maximum atomic E-state index is 6.13. The van der Waals surface area contributed by atoms with Crippen LogP contribution >= 0.6 is 0 Å².